The molecular weight excluding hydrogens is 259 g/mol. The number of halogens is 2. The molecule has 1 atom stereocenters. The van der Waals surface area contributed by atoms with Crippen molar-refractivity contribution in [2.75, 3.05) is 0 Å². The van der Waals surface area contributed by atoms with Gasteiger partial charge in [0.25, 0.3) is 0 Å². The van der Waals surface area contributed by atoms with Crippen LogP contribution in [0.4, 0.5) is 4.39 Å². The predicted octanol–water partition coefficient (Wildman–Crippen LogP) is 3.40. The van der Waals surface area contributed by atoms with Crippen molar-refractivity contribution in [3.05, 3.63) is 56.5 Å². The molecule has 0 aliphatic heterocycles. The molecule has 0 saturated carbocycles. The highest BCUT2D eigenvalue weighted by Crippen LogP contribution is 2.32. The fraction of sp³-hybridized carbons (Fsp3) is 0.167. The Morgan fingerprint density at radius 1 is 1.35 bits per heavy atom. The average Bonchev–Trinajstić information content (AvgIpc) is 2.72. The summed E-state index contributed by atoms with van der Waals surface area (Å²) in [5, 5.41) is 0. The quantitative estimate of drug-likeness (QED) is 0.663. The van der Waals surface area contributed by atoms with Crippen molar-refractivity contribution in [1.29, 1.82) is 0 Å². The minimum absolute atomic E-state index is 0.236. The highest BCUT2D eigenvalue weighted by molar-refractivity contribution is 7.16. The van der Waals surface area contributed by atoms with Gasteiger partial charge in [-0.2, -0.15) is 0 Å². The van der Waals surface area contributed by atoms with Gasteiger partial charge in [-0.25, -0.2) is 9.82 Å². The second kappa shape index (κ2) is 5.14. The molecule has 0 spiro atoms. The van der Waals surface area contributed by atoms with Crippen molar-refractivity contribution in [2.24, 2.45) is 5.84 Å². The van der Waals surface area contributed by atoms with Crippen molar-refractivity contribution in [3.63, 3.8) is 0 Å². The second-order valence-electron chi connectivity index (χ2n) is 3.72. The van der Waals surface area contributed by atoms with Crippen LogP contribution in [-0.4, -0.2) is 0 Å². The Bertz CT molecular complexity index is 527. The average molecular weight is 271 g/mol. The van der Waals surface area contributed by atoms with E-state index in [-0.39, 0.29) is 11.9 Å². The van der Waals surface area contributed by atoms with Gasteiger partial charge in [-0.05, 0) is 24.6 Å². The minimum atomic E-state index is -0.368. The van der Waals surface area contributed by atoms with Crippen molar-refractivity contribution >= 4 is 22.9 Å². The summed E-state index contributed by atoms with van der Waals surface area (Å²) in [6.07, 6.45) is 0. The van der Waals surface area contributed by atoms with Crippen LogP contribution < -0.4 is 11.3 Å². The zero-order valence-corrected chi connectivity index (χ0v) is 10.8. The maximum atomic E-state index is 14.0. The summed E-state index contributed by atoms with van der Waals surface area (Å²) >= 11 is 7.26. The molecule has 0 aliphatic carbocycles. The number of benzene rings is 1. The topological polar surface area (TPSA) is 38.0 Å². The molecule has 2 aromatic rings. The van der Waals surface area contributed by atoms with Gasteiger partial charge in [-0.15, -0.1) is 11.3 Å². The summed E-state index contributed by atoms with van der Waals surface area (Å²) in [6.45, 7) is 1.73. The van der Waals surface area contributed by atoms with Gasteiger partial charge >= 0.3 is 0 Å². The predicted molar refractivity (Wildman–Crippen MR) is 69.6 cm³/mol. The van der Waals surface area contributed by atoms with Crippen LogP contribution in [0.25, 0.3) is 0 Å². The molecule has 0 bridgehead atoms. The molecule has 0 aliphatic rings. The van der Waals surface area contributed by atoms with Crippen molar-refractivity contribution in [3.8, 4) is 0 Å². The number of rotatable bonds is 3. The number of nitrogens with one attached hydrogen (secondary N) is 1. The fourth-order valence-electron chi connectivity index (χ4n) is 1.70. The van der Waals surface area contributed by atoms with Crippen LogP contribution in [0.5, 0.6) is 0 Å². The molecule has 90 valence electrons. The Morgan fingerprint density at radius 2 is 2.12 bits per heavy atom. The standard InChI is InChI=1S/C12H12ClFN2S/c1-7-3-2-4-8(11(7)14)12(16-15)9-5-6-10(13)17-9/h2-6,12,16H,15H2,1H3. The van der Waals surface area contributed by atoms with Crippen LogP contribution in [0.3, 0.4) is 0 Å². The van der Waals surface area contributed by atoms with Crippen LogP contribution in [-0.2, 0) is 0 Å². The molecule has 2 nitrogen and oxygen atoms in total. The molecule has 1 aromatic carbocycles. The summed E-state index contributed by atoms with van der Waals surface area (Å²) < 4.78 is 14.7. The molecule has 3 N–H and O–H groups in total. The van der Waals surface area contributed by atoms with Gasteiger partial charge in [0, 0.05) is 10.4 Å². The summed E-state index contributed by atoms with van der Waals surface area (Å²) in [7, 11) is 0. The smallest absolute Gasteiger partial charge is 0.131 e. The first-order valence-corrected chi connectivity index (χ1v) is 6.29. The number of hydrogen-bond acceptors (Lipinski definition) is 3. The first kappa shape index (κ1) is 12.5. The van der Waals surface area contributed by atoms with Crippen LogP contribution in [0, 0.1) is 12.7 Å². The minimum Gasteiger partial charge on any atom is -0.271 e. The van der Waals surface area contributed by atoms with Crippen LogP contribution in [0.15, 0.2) is 30.3 Å². The number of hydrogen-bond donors (Lipinski definition) is 2. The molecular formula is C12H12ClFN2S. The first-order valence-electron chi connectivity index (χ1n) is 5.10. The maximum absolute atomic E-state index is 14.0. The number of nitrogens with two attached hydrogens (primary N) is 1. The van der Waals surface area contributed by atoms with Gasteiger partial charge in [-0.1, -0.05) is 29.8 Å². The van der Waals surface area contributed by atoms with Crippen molar-refractivity contribution in [2.45, 2.75) is 13.0 Å². The van der Waals surface area contributed by atoms with E-state index in [9.17, 15) is 4.39 Å². The lowest BCUT2D eigenvalue weighted by Gasteiger charge is -2.16. The fourth-order valence-corrected chi connectivity index (χ4v) is 2.84. The number of hydrazine groups is 1. The highest BCUT2D eigenvalue weighted by atomic mass is 35.5. The van der Waals surface area contributed by atoms with Gasteiger partial charge in [0.1, 0.15) is 5.82 Å². The number of thiophene rings is 1. The molecule has 0 radical (unpaired) electrons. The molecule has 1 unspecified atom stereocenters. The largest absolute Gasteiger partial charge is 0.271 e. The zero-order chi connectivity index (χ0) is 12.4. The van der Waals surface area contributed by atoms with Crippen LogP contribution in [0.2, 0.25) is 4.34 Å². The Hall–Kier alpha value is -0.940. The van der Waals surface area contributed by atoms with E-state index in [0.717, 1.165) is 4.88 Å². The Balaban J connectivity index is 2.45. The van der Waals surface area contributed by atoms with Crippen molar-refractivity contribution in [1.82, 2.24) is 5.43 Å². The lowest BCUT2D eigenvalue weighted by atomic mass is 10.0. The molecule has 0 saturated heterocycles. The van der Waals surface area contributed by atoms with Gasteiger partial charge in [0.05, 0.1) is 10.4 Å². The van der Waals surface area contributed by atoms with E-state index in [0.29, 0.717) is 15.5 Å². The second-order valence-corrected chi connectivity index (χ2v) is 5.47. The molecule has 1 heterocycles. The van der Waals surface area contributed by atoms with Gasteiger partial charge in [-0.3, -0.25) is 5.84 Å². The monoisotopic (exact) mass is 270 g/mol. The van der Waals surface area contributed by atoms with Crippen molar-refractivity contribution < 1.29 is 4.39 Å². The Kier molecular flexibility index (Phi) is 3.79. The normalized spacial score (nSPS) is 12.7. The van der Waals surface area contributed by atoms with Gasteiger partial charge < -0.3 is 0 Å². The lowest BCUT2D eigenvalue weighted by Crippen LogP contribution is -2.29. The molecule has 0 fully saturated rings. The molecule has 2 rings (SSSR count). The molecule has 5 heteroatoms. The van der Waals surface area contributed by atoms with E-state index in [1.54, 1.807) is 25.1 Å². The lowest BCUT2D eigenvalue weighted by molar-refractivity contribution is 0.558. The van der Waals surface area contributed by atoms with E-state index < -0.39 is 0 Å². The number of aryl methyl sites for hydroxylation is 1. The molecule has 1 aromatic heterocycles. The Morgan fingerprint density at radius 3 is 2.71 bits per heavy atom. The third-order valence-corrected chi connectivity index (χ3v) is 3.87. The van der Waals surface area contributed by atoms with E-state index in [4.69, 9.17) is 17.4 Å². The summed E-state index contributed by atoms with van der Waals surface area (Å²) in [6, 6.07) is 8.52. The summed E-state index contributed by atoms with van der Waals surface area (Å²) in [5.74, 6) is 5.28. The maximum Gasteiger partial charge on any atom is 0.131 e. The highest BCUT2D eigenvalue weighted by Gasteiger charge is 2.19. The van der Waals surface area contributed by atoms with Gasteiger partial charge in [0.2, 0.25) is 0 Å². The third kappa shape index (κ3) is 2.50. The molecule has 17 heavy (non-hydrogen) atoms. The van der Waals surface area contributed by atoms with E-state index in [2.05, 4.69) is 5.43 Å². The van der Waals surface area contributed by atoms with E-state index in [1.807, 2.05) is 12.1 Å². The third-order valence-electron chi connectivity index (χ3n) is 2.58. The van der Waals surface area contributed by atoms with E-state index >= 15 is 0 Å². The zero-order valence-electron chi connectivity index (χ0n) is 9.21. The Labute approximate surface area is 108 Å². The summed E-state index contributed by atoms with van der Waals surface area (Å²) in [5.41, 5.74) is 3.76. The SMILES string of the molecule is Cc1cccc(C(NN)c2ccc(Cl)s2)c1F. The van der Waals surface area contributed by atoms with Gasteiger partial charge in [0.15, 0.2) is 0 Å². The van der Waals surface area contributed by atoms with Crippen LogP contribution in [0.1, 0.15) is 22.0 Å². The van der Waals surface area contributed by atoms with Crippen LogP contribution >= 0.6 is 22.9 Å². The van der Waals surface area contributed by atoms with E-state index in [1.165, 1.54) is 11.3 Å². The first-order chi connectivity index (χ1) is 8.13. The molecule has 0 amide bonds. The summed E-state index contributed by atoms with van der Waals surface area (Å²) in [4.78, 5) is 0.891.